The van der Waals surface area contributed by atoms with Gasteiger partial charge in [0.25, 0.3) is 5.69 Å². The first-order valence-electron chi connectivity index (χ1n) is 7.23. The summed E-state index contributed by atoms with van der Waals surface area (Å²) in [4.78, 5) is 23.1. The van der Waals surface area contributed by atoms with Gasteiger partial charge in [0.05, 0.1) is 30.8 Å². The molecule has 0 saturated heterocycles. The van der Waals surface area contributed by atoms with Crippen LogP contribution in [0.1, 0.15) is 15.9 Å². The Labute approximate surface area is 148 Å². The predicted octanol–water partition coefficient (Wildman–Crippen LogP) is 3.54. The van der Waals surface area contributed by atoms with Crippen LogP contribution in [0.15, 0.2) is 42.0 Å². The molecule has 7 nitrogen and oxygen atoms in total. The average molecular weight is 356 g/mol. The second-order valence-electron chi connectivity index (χ2n) is 5.03. The van der Waals surface area contributed by atoms with E-state index in [1.807, 2.05) is 0 Å². The first kappa shape index (κ1) is 18.6. The van der Waals surface area contributed by atoms with Gasteiger partial charge in [-0.1, -0.05) is 0 Å². The van der Waals surface area contributed by atoms with E-state index in [0.29, 0.717) is 0 Å². The number of rotatable bonds is 6. The highest BCUT2D eigenvalue weighted by Gasteiger charge is 2.20. The van der Waals surface area contributed by atoms with Crippen molar-refractivity contribution in [3.05, 3.63) is 69.0 Å². The van der Waals surface area contributed by atoms with Crippen molar-refractivity contribution in [3.8, 4) is 17.6 Å². The van der Waals surface area contributed by atoms with Crippen molar-refractivity contribution in [2.24, 2.45) is 0 Å². The number of hydrogen-bond donors (Lipinski definition) is 0. The highest BCUT2D eigenvalue weighted by molar-refractivity contribution is 6.14. The van der Waals surface area contributed by atoms with E-state index in [2.05, 4.69) is 0 Å². The van der Waals surface area contributed by atoms with Crippen molar-refractivity contribution in [2.45, 2.75) is 0 Å². The molecule has 0 saturated carbocycles. The molecule has 26 heavy (non-hydrogen) atoms. The van der Waals surface area contributed by atoms with Crippen LogP contribution in [0, 0.1) is 27.3 Å². The second kappa shape index (κ2) is 7.90. The van der Waals surface area contributed by atoms with Crippen LogP contribution < -0.4 is 9.47 Å². The van der Waals surface area contributed by atoms with Crippen molar-refractivity contribution in [3.63, 3.8) is 0 Å². The fraction of sp³-hybridized carbons (Fsp3) is 0.111. The zero-order valence-corrected chi connectivity index (χ0v) is 13.9. The van der Waals surface area contributed by atoms with Gasteiger partial charge in [-0.25, -0.2) is 4.39 Å². The van der Waals surface area contributed by atoms with Crippen LogP contribution in [0.4, 0.5) is 10.1 Å². The van der Waals surface area contributed by atoms with Gasteiger partial charge in [-0.3, -0.25) is 14.9 Å². The molecule has 0 unspecified atom stereocenters. The van der Waals surface area contributed by atoms with Crippen molar-refractivity contribution in [2.75, 3.05) is 14.2 Å². The average Bonchev–Trinajstić information content (AvgIpc) is 2.65. The van der Waals surface area contributed by atoms with Gasteiger partial charge < -0.3 is 9.47 Å². The number of nitro benzene ring substituents is 1. The number of Topliss-reactive ketones (excluding diaryl/α,β-unsaturated/α-hetero) is 1. The summed E-state index contributed by atoms with van der Waals surface area (Å²) in [5, 5.41) is 20.6. The Hall–Kier alpha value is -3.73. The highest BCUT2D eigenvalue weighted by atomic mass is 19.1. The normalized spacial score (nSPS) is 10.8. The third kappa shape index (κ3) is 3.84. The maximum Gasteiger partial charge on any atom is 0.280 e. The lowest BCUT2D eigenvalue weighted by Crippen LogP contribution is -2.03. The number of methoxy groups -OCH3 is 2. The van der Waals surface area contributed by atoms with Crippen LogP contribution in [-0.4, -0.2) is 24.9 Å². The number of carbonyl (C=O) groups is 1. The van der Waals surface area contributed by atoms with E-state index < -0.39 is 16.5 Å². The lowest BCUT2D eigenvalue weighted by Gasteiger charge is -2.09. The zero-order chi connectivity index (χ0) is 19.3. The third-order valence-corrected chi connectivity index (χ3v) is 3.50. The molecule has 8 heteroatoms. The monoisotopic (exact) mass is 356 g/mol. The Bertz CT molecular complexity index is 930. The Balaban J connectivity index is 2.57. The molecule has 0 N–H and O–H groups in total. The number of hydrogen-bond acceptors (Lipinski definition) is 6. The minimum Gasteiger partial charge on any atom is -0.493 e. The van der Waals surface area contributed by atoms with Crippen molar-refractivity contribution >= 4 is 17.5 Å². The van der Waals surface area contributed by atoms with E-state index >= 15 is 0 Å². The highest BCUT2D eigenvalue weighted by Crippen LogP contribution is 2.35. The molecule has 0 heterocycles. The quantitative estimate of drug-likeness (QED) is 0.258. The van der Waals surface area contributed by atoms with Crippen LogP contribution in [-0.2, 0) is 0 Å². The van der Waals surface area contributed by atoms with E-state index in [0.717, 1.165) is 24.3 Å². The van der Waals surface area contributed by atoms with E-state index in [-0.39, 0.29) is 33.9 Å². The lowest BCUT2D eigenvalue weighted by molar-refractivity contribution is -0.385. The fourth-order valence-electron chi connectivity index (χ4n) is 2.22. The largest absolute Gasteiger partial charge is 0.493 e. The maximum absolute atomic E-state index is 13.0. The molecule has 0 spiro atoms. The van der Waals surface area contributed by atoms with Gasteiger partial charge in [-0.05, 0) is 36.4 Å². The summed E-state index contributed by atoms with van der Waals surface area (Å²) in [5.41, 5.74) is -0.615. The molecule has 0 radical (unpaired) electrons. The van der Waals surface area contributed by atoms with Crippen LogP contribution in [0.25, 0.3) is 6.08 Å². The topological polar surface area (TPSA) is 102 Å². The lowest BCUT2D eigenvalue weighted by atomic mass is 10.0. The predicted molar refractivity (Wildman–Crippen MR) is 90.5 cm³/mol. The van der Waals surface area contributed by atoms with Crippen LogP contribution in [0.2, 0.25) is 0 Å². The molecule has 0 atom stereocenters. The van der Waals surface area contributed by atoms with E-state index in [1.165, 1.54) is 32.4 Å². The van der Waals surface area contributed by atoms with E-state index in [1.54, 1.807) is 6.07 Å². The van der Waals surface area contributed by atoms with Gasteiger partial charge >= 0.3 is 0 Å². The van der Waals surface area contributed by atoms with Gasteiger partial charge in [0.2, 0.25) is 5.78 Å². The number of nitriles is 1. The Morgan fingerprint density at radius 2 is 1.77 bits per heavy atom. The maximum atomic E-state index is 13.0. The fourth-order valence-corrected chi connectivity index (χ4v) is 2.22. The molecule has 0 bridgehead atoms. The standard InChI is InChI=1S/C18H13FN2O5/c1-25-16-8-12(15(21(23)24)9-17(16)26-2)7-13(10-20)18(22)11-3-5-14(19)6-4-11/h3-9H,1-2H3/b13-7+. The van der Waals surface area contributed by atoms with Crippen LogP contribution in [0.3, 0.4) is 0 Å². The Morgan fingerprint density at radius 3 is 2.27 bits per heavy atom. The summed E-state index contributed by atoms with van der Waals surface area (Å²) in [6.07, 6.45) is 1.09. The molecule has 2 aromatic rings. The third-order valence-electron chi connectivity index (χ3n) is 3.50. The number of ether oxygens (including phenoxy) is 2. The first-order valence-corrected chi connectivity index (χ1v) is 7.23. The van der Waals surface area contributed by atoms with E-state index in [4.69, 9.17) is 9.47 Å². The van der Waals surface area contributed by atoms with Gasteiger partial charge in [0, 0.05) is 5.56 Å². The molecule has 132 valence electrons. The van der Waals surface area contributed by atoms with Gasteiger partial charge in [-0.2, -0.15) is 5.26 Å². The van der Waals surface area contributed by atoms with Crippen LogP contribution in [0.5, 0.6) is 11.5 Å². The molecule has 0 aromatic heterocycles. The minimum absolute atomic E-state index is 0.000313. The molecular formula is C18H13FN2O5. The minimum atomic E-state index is -0.684. The summed E-state index contributed by atoms with van der Waals surface area (Å²) in [6, 6.07) is 8.78. The second-order valence-corrected chi connectivity index (χ2v) is 5.03. The summed E-state index contributed by atoms with van der Waals surface area (Å²) in [7, 11) is 2.68. The number of ketones is 1. The van der Waals surface area contributed by atoms with Gasteiger partial charge in [0.1, 0.15) is 17.5 Å². The molecule has 0 amide bonds. The van der Waals surface area contributed by atoms with Gasteiger partial charge in [0.15, 0.2) is 11.5 Å². The molecule has 2 rings (SSSR count). The number of allylic oxidation sites excluding steroid dienone is 1. The number of carbonyl (C=O) groups excluding carboxylic acids is 1. The molecule has 2 aromatic carbocycles. The summed E-state index contributed by atoms with van der Waals surface area (Å²) in [5.74, 6) is -0.869. The number of benzene rings is 2. The van der Waals surface area contributed by atoms with Crippen molar-refractivity contribution < 1.29 is 23.6 Å². The number of nitro groups is 1. The smallest absolute Gasteiger partial charge is 0.280 e. The number of halogens is 1. The summed E-state index contributed by atoms with van der Waals surface area (Å²) < 4.78 is 23.1. The molecule has 0 aliphatic heterocycles. The van der Waals surface area contributed by atoms with Gasteiger partial charge in [-0.15, -0.1) is 0 Å². The molecular weight excluding hydrogens is 343 g/mol. The van der Waals surface area contributed by atoms with Crippen molar-refractivity contribution in [1.82, 2.24) is 0 Å². The summed E-state index contributed by atoms with van der Waals surface area (Å²) in [6.45, 7) is 0. The summed E-state index contributed by atoms with van der Waals surface area (Å²) >= 11 is 0. The molecule has 0 aliphatic rings. The SMILES string of the molecule is COc1cc(/C=C(\C#N)C(=O)c2ccc(F)cc2)c([N+](=O)[O-])cc1OC. The Kier molecular flexibility index (Phi) is 5.65. The number of nitrogens with zero attached hydrogens (tertiary/aromatic N) is 2. The van der Waals surface area contributed by atoms with Crippen molar-refractivity contribution in [1.29, 1.82) is 5.26 Å². The Morgan fingerprint density at radius 1 is 1.19 bits per heavy atom. The molecule has 0 fully saturated rings. The van der Waals surface area contributed by atoms with Crippen LogP contribution >= 0.6 is 0 Å². The van der Waals surface area contributed by atoms with E-state index in [9.17, 15) is 24.6 Å². The zero-order valence-electron chi connectivity index (χ0n) is 13.9. The molecule has 0 aliphatic carbocycles. The first-order chi connectivity index (χ1) is 12.4.